The van der Waals surface area contributed by atoms with Crippen molar-refractivity contribution in [3.8, 4) is 0 Å². The Morgan fingerprint density at radius 2 is 1.75 bits per heavy atom. The topological polar surface area (TPSA) is 35.2 Å². The fourth-order valence-corrected chi connectivity index (χ4v) is 4.22. The van der Waals surface area contributed by atoms with Gasteiger partial charge in [-0.1, -0.05) is 43.2 Å². The molecule has 1 heterocycles. The van der Waals surface area contributed by atoms with E-state index in [1.54, 1.807) is 0 Å². The zero-order valence-electron chi connectivity index (χ0n) is 12.4. The normalized spacial score (nSPS) is 24.6. The third kappa shape index (κ3) is 2.77. The van der Waals surface area contributed by atoms with Crippen LogP contribution in [0.3, 0.4) is 0 Å². The van der Waals surface area contributed by atoms with E-state index in [1.807, 2.05) is 0 Å². The fraction of sp³-hybridized carbons (Fsp3) is 0.667. The molecular formula is C18H27NO. The highest BCUT2D eigenvalue weighted by Gasteiger charge is 2.41. The third-order valence-electron chi connectivity index (χ3n) is 5.48. The average molecular weight is 273 g/mol. The van der Waals surface area contributed by atoms with Crippen molar-refractivity contribution in [1.82, 2.24) is 0 Å². The van der Waals surface area contributed by atoms with Gasteiger partial charge in [0, 0.05) is 24.7 Å². The van der Waals surface area contributed by atoms with E-state index in [0.717, 1.165) is 25.6 Å². The van der Waals surface area contributed by atoms with E-state index in [-0.39, 0.29) is 5.41 Å². The number of ether oxygens (including phenoxy) is 1. The Morgan fingerprint density at radius 1 is 1.10 bits per heavy atom. The van der Waals surface area contributed by atoms with Gasteiger partial charge in [-0.3, -0.25) is 0 Å². The molecule has 2 heteroatoms. The van der Waals surface area contributed by atoms with Crippen LogP contribution in [-0.2, 0) is 10.2 Å². The van der Waals surface area contributed by atoms with Crippen LogP contribution in [0.5, 0.6) is 0 Å². The van der Waals surface area contributed by atoms with Crippen molar-refractivity contribution in [2.24, 2.45) is 11.7 Å². The molecule has 0 aromatic heterocycles. The molecule has 2 fully saturated rings. The summed E-state index contributed by atoms with van der Waals surface area (Å²) in [5, 5.41) is 0. The minimum atomic E-state index is 0.236. The smallest absolute Gasteiger partial charge is 0.0468 e. The van der Waals surface area contributed by atoms with Crippen LogP contribution in [0.4, 0.5) is 0 Å². The largest absolute Gasteiger partial charge is 0.381 e. The SMILES string of the molecule is NC(CC1CCOCC1)C1(c2ccccc2)CCCC1. The van der Waals surface area contributed by atoms with Gasteiger partial charge in [0.2, 0.25) is 0 Å². The summed E-state index contributed by atoms with van der Waals surface area (Å²) >= 11 is 0. The maximum atomic E-state index is 6.74. The molecule has 0 amide bonds. The molecule has 1 aliphatic carbocycles. The Kier molecular flexibility index (Phi) is 4.42. The van der Waals surface area contributed by atoms with E-state index < -0.39 is 0 Å². The Balaban J connectivity index is 1.76. The Bertz CT molecular complexity index is 405. The monoisotopic (exact) mass is 273 g/mol. The van der Waals surface area contributed by atoms with Crippen LogP contribution in [0.1, 0.15) is 50.5 Å². The molecular weight excluding hydrogens is 246 g/mol. The molecule has 110 valence electrons. The first-order valence-corrected chi connectivity index (χ1v) is 8.20. The summed E-state index contributed by atoms with van der Waals surface area (Å²) < 4.78 is 5.48. The molecule has 2 aliphatic rings. The Hall–Kier alpha value is -0.860. The van der Waals surface area contributed by atoms with E-state index >= 15 is 0 Å². The lowest BCUT2D eigenvalue weighted by atomic mass is 9.70. The molecule has 1 unspecified atom stereocenters. The van der Waals surface area contributed by atoms with E-state index in [4.69, 9.17) is 10.5 Å². The lowest BCUT2D eigenvalue weighted by Crippen LogP contribution is -2.45. The fourth-order valence-electron chi connectivity index (χ4n) is 4.22. The van der Waals surface area contributed by atoms with Crippen LogP contribution in [-0.4, -0.2) is 19.3 Å². The van der Waals surface area contributed by atoms with Crippen molar-refractivity contribution in [1.29, 1.82) is 0 Å². The van der Waals surface area contributed by atoms with Crippen LogP contribution in [0.2, 0.25) is 0 Å². The molecule has 0 bridgehead atoms. The van der Waals surface area contributed by atoms with Crippen molar-refractivity contribution >= 4 is 0 Å². The molecule has 1 aliphatic heterocycles. The number of benzene rings is 1. The number of nitrogens with two attached hydrogens (primary N) is 1. The maximum absolute atomic E-state index is 6.74. The lowest BCUT2D eigenvalue weighted by Gasteiger charge is -2.38. The Morgan fingerprint density at radius 3 is 2.40 bits per heavy atom. The second kappa shape index (κ2) is 6.28. The quantitative estimate of drug-likeness (QED) is 0.909. The molecule has 0 radical (unpaired) electrons. The third-order valence-corrected chi connectivity index (χ3v) is 5.48. The second-order valence-corrected chi connectivity index (χ2v) is 6.63. The highest BCUT2D eigenvalue weighted by atomic mass is 16.5. The predicted molar refractivity (Wildman–Crippen MR) is 82.7 cm³/mol. The Labute approximate surface area is 122 Å². The zero-order chi connectivity index (χ0) is 13.8. The molecule has 1 atom stereocenters. The maximum Gasteiger partial charge on any atom is 0.0468 e. The van der Waals surface area contributed by atoms with E-state index in [9.17, 15) is 0 Å². The molecule has 2 N–H and O–H groups in total. The van der Waals surface area contributed by atoms with Crippen LogP contribution in [0.25, 0.3) is 0 Å². The van der Waals surface area contributed by atoms with Crippen molar-refractivity contribution in [2.75, 3.05) is 13.2 Å². The van der Waals surface area contributed by atoms with Gasteiger partial charge in [-0.15, -0.1) is 0 Å². The highest BCUT2D eigenvalue weighted by Crippen LogP contribution is 2.45. The first-order chi connectivity index (χ1) is 9.81. The van der Waals surface area contributed by atoms with Gasteiger partial charge in [-0.2, -0.15) is 0 Å². The van der Waals surface area contributed by atoms with E-state index in [1.165, 1.54) is 44.1 Å². The van der Waals surface area contributed by atoms with Gasteiger partial charge in [0.1, 0.15) is 0 Å². The van der Waals surface area contributed by atoms with E-state index in [0.29, 0.717) is 6.04 Å². The summed E-state index contributed by atoms with van der Waals surface area (Å²) in [6.45, 7) is 1.85. The standard InChI is InChI=1S/C18H27NO/c19-17(14-15-8-12-20-13-9-15)18(10-4-5-11-18)16-6-2-1-3-7-16/h1-3,6-7,15,17H,4-5,8-14,19H2. The van der Waals surface area contributed by atoms with Crippen LogP contribution < -0.4 is 5.73 Å². The predicted octanol–water partition coefficient (Wildman–Crippen LogP) is 3.64. The minimum Gasteiger partial charge on any atom is -0.381 e. The molecule has 1 aromatic rings. The molecule has 20 heavy (non-hydrogen) atoms. The molecule has 1 saturated heterocycles. The van der Waals surface area contributed by atoms with Crippen molar-refractivity contribution in [2.45, 2.75) is 56.4 Å². The summed E-state index contributed by atoms with van der Waals surface area (Å²) in [5.41, 5.74) is 8.44. The van der Waals surface area contributed by atoms with Crippen molar-refractivity contribution in [3.63, 3.8) is 0 Å². The summed E-state index contributed by atoms with van der Waals surface area (Å²) in [6.07, 6.45) is 8.74. The lowest BCUT2D eigenvalue weighted by molar-refractivity contribution is 0.0585. The molecule has 2 nitrogen and oxygen atoms in total. The first-order valence-electron chi connectivity index (χ1n) is 8.20. The van der Waals surface area contributed by atoms with Crippen LogP contribution in [0, 0.1) is 5.92 Å². The number of hydrogen-bond donors (Lipinski definition) is 1. The first kappa shape index (κ1) is 14.1. The average Bonchev–Trinajstić information content (AvgIpc) is 3.00. The second-order valence-electron chi connectivity index (χ2n) is 6.63. The van der Waals surface area contributed by atoms with E-state index in [2.05, 4.69) is 30.3 Å². The highest BCUT2D eigenvalue weighted by molar-refractivity contribution is 5.29. The van der Waals surface area contributed by atoms with Gasteiger partial charge in [0.05, 0.1) is 0 Å². The van der Waals surface area contributed by atoms with Crippen LogP contribution in [0.15, 0.2) is 30.3 Å². The molecule has 0 spiro atoms. The summed E-state index contributed by atoms with van der Waals surface area (Å²) in [7, 11) is 0. The number of hydrogen-bond acceptors (Lipinski definition) is 2. The van der Waals surface area contributed by atoms with Gasteiger partial charge >= 0.3 is 0 Å². The zero-order valence-corrected chi connectivity index (χ0v) is 12.4. The number of rotatable bonds is 4. The molecule has 1 aromatic carbocycles. The van der Waals surface area contributed by atoms with Gasteiger partial charge in [0.25, 0.3) is 0 Å². The molecule has 1 saturated carbocycles. The van der Waals surface area contributed by atoms with Gasteiger partial charge in [-0.25, -0.2) is 0 Å². The summed E-state index contributed by atoms with van der Waals surface area (Å²) in [6, 6.07) is 11.3. The minimum absolute atomic E-state index is 0.236. The van der Waals surface area contributed by atoms with Gasteiger partial charge in [-0.05, 0) is 43.6 Å². The van der Waals surface area contributed by atoms with Crippen LogP contribution >= 0.6 is 0 Å². The van der Waals surface area contributed by atoms with Crippen molar-refractivity contribution in [3.05, 3.63) is 35.9 Å². The summed E-state index contributed by atoms with van der Waals surface area (Å²) in [4.78, 5) is 0. The molecule has 3 rings (SSSR count). The van der Waals surface area contributed by atoms with Gasteiger partial charge < -0.3 is 10.5 Å². The van der Waals surface area contributed by atoms with Gasteiger partial charge in [0.15, 0.2) is 0 Å². The summed E-state index contributed by atoms with van der Waals surface area (Å²) in [5.74, 6) is 0.764. The van der Waals surface area contributed by atoms with Crippen molar-refractivity contribution < 1.29 is 4.74 Å².